The molecule has 0 radical (unpaired) electrons. The van der Waals surface area contributed by atoms with Gasteiger partial charge in [-0.2, -0.15) is 13.2 Å². The van der Waals surface area contributed by atoms with E-state index in [9.17, 15) is 22.2 Å². The van der Waals surface area contributed by atoms with Crippen molar-refractivity contribution in [1.82, 2.24) is 4.98 Å². The highest BCUT2D eigenvalue weighted by Crippen LogP contribution is 2.35. The third kappa shape index (κ3) is 5.54. The van der Waals surface area contributed by atoms with Crippen molar-refractivity contribution in [3.63, 3.8) is 0 Å². The van der Waals surface area contributed by atoms with Crippen LogP contribution in [-0.4, -0.2) is 33.5 Å². The van der Waals surface area contributed by atoms with Crippen LogP contribution in [0.15, 0.2) is 59.6 Å². The summed E-state index contributed by atoms with van der Waals surface area (Å²) in [7, 11) is -0.318. The van der Waals surface area contributed by atoms with Crippen molar-refractivity contribution in [1.29, 1.82) is 5.41 Å². The zero-order chi connectivity index (χ0) is 25.0. The zero-order valence-electron chi connectivity index (χ0n) is 17.6. The van der Waals surface area contributed by atoms with E-state index in [0.29, 0.717) is 29.1 Å². The van der Waals surface area contributed by atoms with Crippen LogP contribution < -0.4 is 9.62 Å². The fraction of sp³-hybridized carbons (Fsp3) is 0.136. The number of halogens is 4. The van der Waals surface area contributed by atoms with Gasteiger partial charge in [0.05, 0.1) is 27.6 Å². The number of nitrogens with zero attached hydrogens (tertiary/aromatic N) is 2. The maximum atomic E-state index is 13.5. The molecule has 178 valence electrons. The fourth-order valence-electron chi connectivity index (χ4n) is 3.05. The first kappa shape index (κ1) is 25.2. The molecule has 0 amide bonds. The standard InChI is InChI=1S/C22H18ClF3N4O3S/c1-28-19-7-2-13(8-15(19)10-27)12-30(20-18(23)9-16(11-29-20)22(24,25)26)34(33)17-5-3-14(4-6-17)21(31)32/h2-11,27-28H,12H2,1H3,(H,31,32). The van der Waals surface area contributed by atoms with Gasteiger partial charge < -0.3 is 15.8 Å². The molecule has 1 unspecified atom stereocenters. The van der Waals surface area contributed by atoms with E-state index in [1.54, 1.807) is 25.2 Å². The number of rotatable bonds is 8. The molecule has 0 aliphatic carbocycles. The van der Waals surface area contributed by atoms with E-state index in [1.165, 1.54) is 28.6 Å². The highest BCUT2D eigenvalue weighted by molar-refractivity contribution is 7.86. The number of hydrogen-bond acceptors (Lipinski definition) is 5. The number of carboxylic acids is 1. The van der Waals surface area contributed by atoms with Crippen molar-refractivity contribution in [2.24, 2.45) is 0 Å². The van der Waals surface area contributed by atoms with Gasteiger partial charge in [-0.05, 0) is 48.0 Å². The molecule has 0 fully saturated rings. The Morgan fingerprint density at radius 3 is 2.44 bits per heavy atom. The van der Waals surface area contributed by atoms with Crippen LogP contribution in [-0.2, 0) is 23.7 Å². The molecule has 3 N–H and O–H groups in total. The van der Waals surface area contributed by atoms with E-state index >= 15 is 0 Å². The molecule has 7 nitrogen and oxygen atoms in total. The van der Waals surface area contributed by atoms with Crippen molar-refractivity contribution in [3.05, 3.63) is 82.0 Å². The highest BCUT2D eigenvalue weighted by atomic mass is 35.5. The third-order valence-electron chi connectivity index (χ3n) is 4.76. The lowest BCUT2D eigenvalue weighted by atomic mass is 10.1. The molecule has 0 aliphatic rings. The molecule has 12 heteroatoms. The van der Waals surface area contributed by atoms with Gasteiger partial charge in [0.2, 0.25) is 0 Å². The Morgan fingerprint density at radius 2 is 1.91 bits per heavy atom. The first-order valence-electron chi connectivity index (χ1n) is 9.61. The minimum atomic E-state index is -4.66. The van der Waals surface area contributed by atoms with Crippen LogP contribution in [0.1, 0.15) is 27.0 Å². The molecule has 3 aromatic rings. The number of carboxylic acid groups (broad SMARTS) is 1. The van der Waals surface area contributed by atoms with Crippen molar-refractivity contribution in [3.8, 4) is 0 Å². The predicted molar refractivity (Wildman–Crippen MR) is 124 cm³/mol. The normalized spacial score (nSPS) is 12.1. The van der Waals surface area contributed by atoms with Crippen molar-refractivity contribution < 1.29 is 27.3 Å². The first-order valence-corrected chi connectivity index (χ1v) is 11.1. The van der Waals surface area contributed by atoms with Crippen LogP contribution in [0.2, 0.25) is 5.02 Å². The average Bonchev–Trinajstić information content (AvgIpc) is 2.81. The summed E-state index contributed by atoms with van der Waals surface area (Å²) in [5, 5.41) is 19.3. The summed E-state index contributed by atoms with van der Waals surface area (Å²) in [4.78, 5) is 15.2. The number of aromatic nitrogens is 1. The van der Waals surface area contributed by atoms with Gasteiger partial charge in [-0.3, -0.25) is 4.31 Å². The van der Waals surface area contributed by atoms with Gasteiger partial charge in [0.15, 0.2) is 16.8 Å². The van der Waals surface area contributed by atoms with Crippen LogP contribution >= 0.6 is 11.6 Å². The van der Waals surface area contributed by atoms with E-state index in [1.807, 2.05) is 0 Å². The summed E-state index contributed by atoms with van der Waals surface area (Å²) in [6.07, 6.45) is -2.93. The summed E-state index contributed by atoms with van der Waals surface area (Å²) >= 11 is 6.14. The van der Waals surface area contributed by atoms with E-state index in [4.69, 9.17) is 22.1 Å². The Balaban J connectivity index is 2.07. The van der Waals surface area contributed by atoms with E-state index in [-0.39, 0.29) is 27.8 Å². The molecule has 1 heterocycles. The molecule has 1 atom stereocenters. The third-order valence-corrected chi connectivity index (χ3v) is 6.41. The summed E-state index contributed by atoms with van der Waals surface area (Å²) in [5.74, 6) is -1.31. The lowest BCUT2D eigenvalue weighted by Gasteiger charge is -2.24. The maximum Gasteiger partial charge on any atom is 0.417 e. The number of pyridine rings is 1. The second-order valence-corrected chi connectivity index (χ2v) is 8.78. The Bertz CT molecular complexity index is 1250. The smallest absolute Gasteiger partial charge is 0.417 e. The van der Waals surface area contributed by atoms with Gasteiger partial charge in [0.25, 0.3) is 0 Å². The van der Waals surface area contributed by atoms with Gasteiger partial charge in [-0.15, -0.1) is 0 Å². The molecule has 0 saturated heterocycles. The molecular weight excluding hydrogens is 493 g/mol. The summed E-state index contributed by atoms with van der Waals surface area (Å²) in [5.41, 5.74) is 0.744. The number of aromatic carboxylic acids is 1. The fourth-order valence-corrected chi connectivity index (χ4v) is 4.56. The van der Waals surface area contributed by atoms with Crippen LogP contribution in [0.3, 0.4) is 0 Å². The predicted octanol–water partition coefficient (Wildman–Crippen LogP) is 5.22. The first-order chi connectivity index (χ1) is 16.0. The van der Waals surface area contributed by atoms with E-state index in [2.05, 4.69) is 10.3 Å². The van der Waals surface area contributed by atoms with E-state index in [0.717, 1.165) is 6.21 Å². The second-order valence-electron chi connectivity index (χ2n) is 6.96. The van der Waals surface area contributed by atoms with Gasteiger partial charge >= 0.3 is 12.1 Å². The molecule has 2 aromatic carbocycles. The molecule has 0 saturated carbocycles. The van der Waals surface area contributed by atoms with Gasteiger partial charge in [-0.25, -0.2) is 14.0 Å². The molecular formula is C22H18ClF3N4O3S. The molecule has 0 aliphatic heterocycles. The minimum absolute atomic E-state index is 0.0173. The Morgan fingerprint density at radius 1 is 1.24 bits per heavy atom. The molecule has 0 bridgehead atoms. The monoisotopic (exact) mass is 510 g/mol. The Kier molecular flexibility index (Phi) is 7.57. The number of hydrogen-bond donors (Lipinski definition) is 3. The second kappa shape index (κ2) is 10.2. The van der Waals surface area contributed by atoms with Gasteiger partial charge in [0, 0.05) is 30.7 Å². The topological polar surface area (TPSA) is 106 Å². The van der Waals surface area contributed by atoms with Crippen molar-refractivity contribution >= 4 is 46.3 Å². The maximum absolute atomic E-state index is 13.5. The summed E-state index contributed by atoms with van der Waals surface area (Å²) in [6.45, 7) is -0.0732. The number of anilines is 2. The summed E-state index contributed by atoms with van der Waals surface area (Å²) < 4.78 is 53.9. The number of benzene rings is 2. The Labute approximate surface area is 200 Å². The lowest BCUT2D eigenvalue weighted by Crippen LogP contribution is -2.27. The molecule has 3 rings (SSSR count). The van der Waals surface area contributed by atoms with Crippen LogP contribution in [0.5, 0.6) is 0 Å². The highest BCUT2D eigenvalue weighted by Gasteiger charge is 2.32. The number of nitrogens with one attached hydrogen (secondary N) is 2. The molecule has 1 aromatic heterocycles. The van der Waals surface area contributed by atoms with Gasteiger partial charge in [-0.1, -0.05) is 17.7 Å². The van der Waals surface area contributed by atoms with Crippen LogP contribution in [0.4, 0.5) is 24.7 Å². The summed E-state index contributed by atoms with van der Waals surface area (Å²) in [6, 6.07) is 11.0. The van der Waals surface area contributed by atoms with Crippen molar-refractivity contribution in [2.75, 3.05) is 16.7 Å². The quantitative estimate of drug-likeness (QED) is 0.360. The molecule has 34 heavy (non-hydrogen) atoms. The average molecular weight is 511 g/mol. The lowest BCUT2D eigenvalue weighted by molar-refractivity contribution is -0.137. The zero-order valence-corrected chi connectivity index (χ0v) is 19.1. The SMILES string of the molecule is CNc1ccc(CN(c2ncc(C(F)(F)F)cc2Cl)S(=O)c2ccc(C(=O)O)cc2)cc1C=N. The van der Waals surface area contributed by atoms with E-state index < -0.39 is 28.7 Å². The van der Waals surface area contributed by atoms with Gasteiger partial charge in [0.1, 0.15) is 0 Å². The number of carbonyl (C=O) groups is 1. The van der Waals surface area contributed by atoms with Crippen molar-refractivity contribution in [2.45, 2.75) is 17.6 Å². The largest absolute Gasteiger partial charge is 0.478 e. The Hall–Kier alpha value is -3.44. The van der Waals surface area contributed by atoms with Crippen LogP contribution in [0.25, 0.3) is 0 Å². The number of alkyl halides is 3. The minimum Gasteiger partial charge on any atom is -0.478 e. The molecule has 0 spiro atoms. The van der Waals surface area contributed by atoms with Crippen LogP contribution in [0, 0.1) is 5.41 Å².